The molecule has 1 atom stereocenters. The van der Waals surface area contributed by atoms with Crippen molar-refractivity contribution in [3.05, 3.63) is 10.7 Å². The second-order valence-corrected chi connectivity index (χ2v) is 6.04. The Morgan fingerprint density at radius 1 is 1.53 bits per heavy atom. The highest BCUT2D eigenvalue weighted by atomic mass is 79.9. The van der Waals surface area contributed by atoms with Gasteiger partial charge in [-0.25, -0.2) is 4.98 Å². The van der Waals surface area contributed by atoms with Gasteiger partial charge in [0.25, 0.3) is 0 Å². The fourth-order valence-electron chi connectivity index (χ4n) is 1.72. The van der Waals surface area contributed by atoms with Crippen molar-refractivity contribution in [2.75, 3.05) is 35.2 Å². The van der Waals surface area contributed by atoms with Crippen molar-refractivity contribution in [2.24, 2.45) is 5.92 Å². The van der Waals surface area contributed by atoms with Crippen LogP contribution in [-0.2, 0) is 0 Å². The minimum atomic E-state index is 0.680. The first kappa shape index (κ1) is 13.0. The Morgan fingerprint density at radius 3 is 3.12 bits per heavy atom. The van der Waals surface area contributed by atoms with E-state index in [-0.39, 0.29) is 0 Å². The monoisotopic (exact) mass is 316 g/mol. The van der Waals surface area contributed by atoms with Gasteiger partial charge in [-0.3, -0.25) is 0 Å². The second-order valence-electron chi connectivity index (χ2n) is 4.03. The quantitative estimate of drug-likeness (QED) is 0.874. The SMILES string of the molecule is CCNc1ncc(Br)c(NCC2CCSC2)n1. The van der Waals surface area contributed by atoms with Crippen LogP contribution >= 0.6 is 27.7 Å². The van der Waals surface area contributed by atoms with Gasteiger partial charge in [0.1, 0.15) is 5.82 Å². The molecule has 1 unspecified atom stereocenters. The molecule has 1 aliphatic heterocycles. The first-order chi connectivity index (χ1) is 8.29. The summed E-state index contributed by atoms with van der Waals surface area (Å²) in [4.78, 5) is 8.63. The van der Waals surface area contributed by atoms with Crippen LogP contribution in [0.2, 0.25) is 0 Å². The van der Waals surface area contributed by atoms with Crippen LogP contribution in [0.3, 0.4) is 0 Å². The molecule has 0 aliphatic carbocycles. The van der Waals surface area contributed by atoms with E-state index in [2.05, 4.69) is 36.5 Å². The first-order valence-corrected chi connectivity index (χ1v) is 7.82. The molecule has 6 heteroatoms. The van der Waals surface area contributed by atoms with Gasteiger partial charge in [0, 0.05) is 19.3 Å². The summed E-state index contributed by atoms with van der Waals surface area (Å²) < 4.78 is 0.921. The maximum Gasteiger partial charge on any atom is 0.224 e. The van der Waals surface area contributed by atoms with Crippen LogP contribution < -0.4 is 10.6 Å². The summed E-state index contributed by atoms with van der Waals surface area (Å²) in [6.07, 6.45) is 3.09. The molecule has 0 saturated carbocycles. The van der Waals surface area contributed by atoms with Crippen LogP contribution in [0.4, 0.5) is 11.8 Å². The maximum absolute atomic E-state index is 4.44. The fourth-order valence-corrected chi connectivity index (χ4v) is 3.34. The molecule has 0 bridgehead atoms. The molecule has 1 aliphatic rings. The molecule has 0 amide bonds. The van der Waals surface area contributed by atoms with E-state index in [1.54, 1.807) is 6.20 Å². The molecule has 17 heavy (non-hydrogen) atoms. The molecule has 0 spiro atoms. The van der Waals surface area contributed by atoms with Gasteiger partial charge >= 0.3 is 0 Å². The predicted molar refractivity (Wildman–Crippen MR) is 77.8 cm³/mol. The summed E-state index contributed by atoms with van der Waals surface area (Å²) in [5, 5.41) is 6.52. The Balaban J connectivity index is 1.95. The summed E-state index contributed by atoms with van der Waals surface area (Å²) >= 11 is 5.51. The van der Waals surface area contributed by atoms with Crippen molar-refractivity contribution in [3.8, 4) is 0 Å². The minimum Gasteiger partial charge on any atom is -0.369 e. The lowest BCUT2D eigenvalue weighted by Crippen LogP contribution is -2.15. The highest BCUT2D eigenvalue weighted by molar-refractivity contribution is 9.10. The number of thioether (sulfide) groups is 1. The number of nitrogens with one attached hydrogen (secondary N) is 2. The van der Waals surface area contributed by atoms with Crippen molar-refractivity contribution in [1.82, 2.24) is 9.97 Å². The normalized spacial score (nSPS) is 19.3. The van der Waals surface area contributed by atoms with Crippen molar-refractivity contribution >= 4 is 39.5 Å². The molecule has 0 aromatic carbocycles. The van der Waals surface area contributed by atoms with E-state index in [1.807, 2.05) is 18.7 Å². The molecule has 4 nitrogen and oxygen atoms in total. The zero-order valence-corrected chi connectivity index (χ0v) is 12.3. The van der Waals surface area contributed by atoms with Gasteiger partial charge in [-0.15, -0.1) is 0 Å². The second kappa shape index (κ2) is 6.44. The smallest absolute Gasteiger partial charge is 0.224 e. The lowest BCUT2D eigenvalue weighted by Gasteiger charge is -2.12. The average molecular weight is 317 g/mol. The third-order valence-electron chi connectivity index (χ3n) is 2.66. The number of hydrogen-bond donors (Lipinski definition) is 2. The van der Waals surface area contributed by atoms with Crippen molar-refractivity contribution < 1.29 is 0 Å². The molecule has 2 N–H and O–H groups in total. The summed E-state index contributed by atoms with van der Waals surface area (Å²) in [5.41, 5.74) is 0. The summed E-state index contributed by atoms with van der Waals surface area (Å²) in [6.45, 7) is 3.86. The van der Waals surface area contributed by atoms with E-state index >= 15 is 0 Å². The van der Waals surface area contributed by atoms with Crippen molar-refractivity contribution in [1.29, 1.82) is 0 Å². The van der Waals surface area contributed by atoms with Crippen LogP contribution in [0.1, 0.15) is 13.3 Å². The van der Waals surface area contributed by atoms with Crippen molar-refractivity contribution in [3.63, 3.8) is 0 Å². The Kier molecular flexibility index (Phi) is 4.91. The molecular formula is C11H17BrN4S. The van der Waals surface area contributed by atoms with Crippen molar-refractivity contribution in [2.45, 2.75) is 13.3 Å². The molecule has 2 rings (SSSR count). The van der Waals surface area contributed by atoms with Crippen LogP contribution in [0.15, 0.2) is 10.7 Å². The summed E-state index contributed by atoms with van der Waals surface area (Å²) in [5.74, 6) is 4.88. The molecule has 94 valence electrons. The Bertz CT molecular complexity index is 368. The maximum atomic E-state index is 4.44. The summed E-state index contributed by atoms with van der Waals surface area (Å²) in [6, 6.07) is 0. The largest absolute Gasteiger partial charge is 0.369 e. The highest BCUT2D eigenvalue weighted by Gasteiger charge is 2.15. The molecule has 1 aromatic rings. The zero-order chi connectivity index (χ0) is 12.1. The van der Waals surface area contributed by atoms with Crippen LogP contribution in [0, 0.1) is 5.92 Å². The molecular weight excluding hydrogens is 300 g/mol. The molecule has 1 saturated heterocycles. The van der Waals surface area contributed by atoms with E-state index in [0.29, 0.717) is 5.95 Å². The van der Waals surface area contributed by atoms with E-state index < -0.39 is 0 Å². The average Bonchev–Trinajstić information content (AvgIpc) is 2.83. The van der Waals surface area contributed by atoms with Gasteiger partial charge in [-0.05, 0) is 46.7 Å². The van der Waals surface area contributed by atoms with Crippen LogP contribution in [-0.4, -0.2) is 34.6 Å². The number of nitrogens with zero attached hydrogens (tertiary/aromatic N) is 2. The predicted octanol–water partition coefficient (Wildman–Crippen LogP) is 2.84. The Hall–Kier alpha value is -0.490. The van der Waals surface area contributed by atoms with Gasteiger partial charge in [-0.2, -0.15) is 16.7 Å². The molecule has 0 radical (unpaired) electrons. The third-order valence-corrected chi connectivity index (χ3v) is 4.47. The Labute approximate surface area is 115 Å². The standard InChI is InChI=1S/C11H17BrN4S/c1-2-13-11-15-6-9(12)10(16-11)14-5-8-3-4-17-7-8/h6,8H,2-5,7H2,1H3,(H2,13,14,15,16). The van der Waals surface area contributed by atoms with Crippen LogP contribution in [0.25, 0.3) is 0 Å². The van der Waals surface area contributed by atoms with E-state index in [1.165, 1.54) is 17.9 Å². The third kappa shape index (κ3) is 3.74. The number of aromatic nitrogens is 2. The first-order valence-electron chi connectivity index (χ1n) is 5.87. The minimum absolute atomic E-state index is 0.680. The lowest BCUT2D eigenvalue weighted by atomic mass is 10.1. The Morgan fingerprint density at radius 2 is 2.41 bits per heavy atom. The molecule has 2 heterocycles. The van der Waals surface area contributed by atoms with Gasteiger partial charge < -0.3 is 10.6 Å². The molecule has 1 fully saturated rings. The van der Waals surface area contributed by atoms with E-state index in [4.69, 9.17) is 0 Å². The number of hydrogen-bond acceptors (Lipinski definition) is 5. The highest BCUT2D eigenvalue weighted by Crippen LogP contribution is 2.25. The van der Waals surface area contributed by atoms with E-state index in [0.717, 1.165) is 29.3 Å². The van der Waals surface area contributed by atoms with Crippen LogP contribution in [0.5, 0.6) is 0 Å². The van der Waals surface area contributed by atoms with Gasteiger partial charge in [0.15, 0.2) is 0 Å². The summed E-state index contributed by atoms with van der Waals surface area (Å²) in [7, 11) is 0. The number of anilines is 2. The number of rotatable bonds is 5. The van der Waals surface area contributed by atoms with E-state index in [9.17, 15) is 0 Å². The fraction of sp³-hybridized carbons (Fsp3) is 0.636. The topological polar surface area (TPSA) is 49.8 Å². The zero-order valence-electron chi connectivity index (χ0n) is 9.87. The van der Waals surface area contributed by atoms with Gasteiger partial charge in [-0.1, -0.05) is 0 Å². The lowest BCUT2D eigenvalue weighted by molar-refractivity contribution is 0.630. The molecule has 1 aromatic heterocycles. The van der Waals surface area contributed by atoms with Gasteiger partial charge in [0.05, 0.1) is 4.47 Å². The van der Waals surface area contributed by atoms with Gasteiger partial charge in [0.2, 0.25) is 5.95 Å². The number of halogens is 1.